The molecule has 2 N–H and O–H groups in total. The summed E-state index contributed by atoms with van der Waals surface area (Å²) in [4.78, 5) is 19.3. The van der Waals surface area contributed by atoms with Crippen LogP contribution in [0.25, 0.3) is 5.78 Å². The summed E-state index contributed by atoms with van der Waals surface area (Å²) in [6.07, 6.45) is 4.64. The monoisotopic (exact) mass is 264 g/mol. The van der Waals surface area contributed by atoms with Gasteiger partial charge >= 0.3 is 5.97 Å². The van der Waals surface area contributed by atoms with E-state index in [0.717, 1.165) is 18.7 Å². The summed E-state index contributed by atoms with van der Waals surface area (Å²) in [5.41, 5.74) is -0.0653. The summed E-state index contributed by atoms with van der Waals surface area (Å²) in [5, 5.41) is 12.0. The molecule has 1 fully saturated rings. The topological polar surface area (TPSA) is 83.3 Å². The number of aromatic amines is 1. The zero-order valence-corrected chi connectivity index (χ0v) is 10.4. The third-order valence-electron chi connectivity index (χ3n) is 3.31. The number of hydrogen-bond acceptors (Lipinski definition) is 4. The summed E-state index contributed by atoms with van der Waals surface area (Å²) in [7, 11) is 0. The molecule has 0 saturated heterocycles. The molecule has 3 rings (SSSR count). The normalized spacial score (nSPS) is 16.4. The first-order valence-electron chi connectivity index (χ1n) is 5.88. The van der Waals surface area contributed by atoms with Crippen LogP contribution in [-0.2, 0) is 0 Å². The summed E-state index contributed by atoms with van der Waals surface area (Å²) >= 11 is 5.14. The minimum Gasteiger partial charge on any atom is -0.477 e. The van der Waals surface area contributed by atoms with Gasteiger partial charge in [-0.25, -0.2) is 14.3 Å². The molecule has 0 spiro atoms. The second-order valence-corrected chi connectivity index (χ2v) is 4.93. The maximum atomic E-state index is 10.9. The van der Waals surface area contributed by atoms with Crippen LogP contribution < -0.4 is 0 Å². The third-order valence-corrected chi connectivity index (χ3v) is 3.61. The van der Waals surface area contributed by atoms with Crippen molar-refractivity contribution in [3.8, 4) is 0 Å². The fraction of sp³-hybridized carbons (Fsp3) is 0.455. The van der Waals surface area contributed by atoms with Crippen molar-refractivity contribution in [2.75, 3.05) is 0 Å². The second-order valence-electron chi connectivity index (χ2n) is 4.51. The van der Waals surface area contributed by atoms with Crippen molar-refractivity contribution in [1.82, 2.24) is 19.6 Å². The SMILES string of the molecule is O=C(O)c1cc(=S)n2[nH]c(C3CCCC3)nc2n1. The molecule has 0 bridgehead atoms. The summed E-state index contributed by atoms with van der Waals surface area (Å²) in [6.45, 7) is 0. The van der Waals surface area contributed by atoms with E-state index in [-0.39, 0.29) is 5.69 Å². The quantitative estimate of drug-likeness (QED) is 0.812. The van der Waals surface area contributed by atoms with Gasteiger partial charge in [0.25, 0.3) is 5.78 Å². The summed E-state index contributed by atoms with van der Waals surface area (Å²) < 4.78 is 1.95. The van der Waals surface area contributed by atoms with E-state index >= 15 is 0 Å². The van der Waals surface area contributed by atoms with Crippen molar-refractivity contribution < 1.29 is 9.90 Å². The molecule has 0 aromatic carbocycles. The largest absolute Gasteiger partial charge is 0.477 e. The van der Waals surface area contributed by atoms with Crippen LogP contribution in [0.1, 0.15) is 47.9 Å². The number of nitrogens with zero attached hydrogens (tertiary/aromatic N) is 3. The lowest BCUT2D eigenvalue weighted by Gasteiger charge is -2.01. The van der Waals surface area contributed by atoms with Gasteiger partial charge in [-0.3, -0.25) is 5.10 Å². The second kappa shape index (κ2) is 4.16. The first-order valence-corrected chi connectivity index (χ1v) is 6.29. The van der Waals surface area contributed by atoms with Crippen molar-refractivity contribution in [3.63, 3.8) is 0 Å². The van der Waals surface area contributed by atoms with Gasteiger partial charge in [-0.1, -0.05) is 25.1 Å². The van der Waals surface area contributed by atoms with E-state index in [9.17, 15) is 4.79 Å². The molecule has 2 aromatic rings. The fourth-order valence-electron chi connectivity index (χ4n) is 2.39. The molecule has 2 heterocycles. The highest BCUT2D eigenvalue weighted by Crippen LogP contribution is 2.32. The Kier molecular flexibility index (Phi) is 2.62. The molecule has 6 nitrogen and oxygen atoms in total. The maximum Gasteiger partial charge on any atom is 0.354 e. The van der Waals surface area contributed by atoms with E-state index in [0.29, 0.717) is 16.3 Å². The van der Waals surface area contributed by atoms with E-state index in [1.807, 2.05) is 0 Å². The zero-order chi connectivity index (χ0) is 12.7. The Labute approximate surface area is 108 Å². The van der Waals surface area contributed by atoms with Crippen molar-refractivity contribution in [3.05, 3.63) is 22.2 Å². The number of nitrogens with one attached hydrogen (secondary N) is 1. The Morgan fingerprint density at radius 1 is 1.44 bits per heavy atom. The average Bonchev–Trinajstić information content (AvgIpc) is 2.96. The van der Waals surface area contributed by atoms with Gasteiger partial charge in [-0.05, 0) is 12.8 Å². The van der Waals surface area contributed by atoms with Gasteiger partial charge in [0.1, 0.15) is 10.5 Å². The number of aromatic nitrogens is 4. The smallest absolute Gasteiger partial charge is 0.354 e. The van der Waals surface area contributed by atoms with Crippen LogP contribution >= 0.6 is 12.2 Å². The molecule has 18 heavy (non-hydrogen) atoms. The standard InChI is InChI=1S/C11H12N4O2S/c16-10(17)7-5-8(18)15-11(12-7)13-9(14-15)6-3-1-2-4-6/h5-6H,1-4H2,(H,16,17)(H,12,13,14). The molecular weight excluding hydrogens is 252 g/mol. The van der Waals surface area contributed by atoms with E-state index in [4.69, 9.17) is 17.3 Å². The van der Waals surface area contributed by atoms with Crippen molar-refractivity contribution in [1.29, 1.82) is 0 Å². The summed E-state index contributed by atoms with van der Waals surface area (Å²) in [5.74, 6) is 0.513. The molecule has 1 saturated carbocycles. The number of carboxylic acids is 1. The first kappa shape index (κ1) is 11.3. The molecular formula is C11H12N4O2S. The van der Waals surface area contributed by atoms with E-state index in [2.05, 4.69) is 15.1 Å². The third kappa shape index (κ3) is 1.80. The minimum absolute atomic E-state index is 0.0653. The Balaban J connectivity index is 2.13. The van der Waals surface area contributed by atoms with Gasteiger partial charge in [0, 0.05) is 12.0 Å². The number of hydrogen-bond donors (Lipinski definition) is 2. The van der Waals surface area contributed by atoms with Crippen LogP contribution in [0.2, 0.25) is 0 Å². The van der Waals surface area contributed by atoms with Crippen LogP contribution in [0.3, 0.4) is 0 Å². The highest BCUT2D eigenvalue weighted by molar-refractivity contribution is 7.71. The molecule has 1 aliphatic rings. The minimum atomic E-state index is -1.09. The average molecular weight is 264 g/mol. The van der Waals surface area contributed by atoms with Gasteiger partial charge < -0.3 is 5.11 Å². The van der Waals surface area contributed by atoms with Crippen LogP contribution in [0.4, 0.5) is 0 Å². The van der Waals surface area contributed by atoms with Gasteiger partial charge in [0.15, 0.2) is 5.69 Å². The van der Waals surface area contributed by atoms with Gasteiger partial charge in [-0.15, -0.1) is 0 Å². The number of H-pyrrole nitrogens is 1. The van der Waals surface area contributed by atoms with Crippen molar-refractivity contribution >= 4 is 24.0 Å². The predicted molar refractivity (Wildman–Crippen MR) is 66.3 cm³/mol. The molecule has 0 amide bonds. The summed E-state index contributed by atoms with van der Waals surface area (Å²) in [6, 6.07) is 1.36. The molecule has 1 aliphatic carbocycles. The number of aromatic carboxylic acids is 1. The van der Waals surface area contributed by atoms with E-state index in [1.54, 1.807) is 4.52 Å². The molecule has 0 aliphatic heterocycles. The highest BCUT2D eigenvalue weighted by Gasteiger charge is 2.21. The van der Waals surface area contributed by atoms with Crippen molar-refractivity contribution in [2.24, 2.45) is 0 Å². The van der Waals surface area contributed by atoms with E-state index < -0.39 is 5.97 Å². The Morgan fingerprint density at radius 3 is 2.83 bits per heavy atom. The molecule has 94 valence electrons. The maximum absolute atomic E-state index is 10.9. The zero-order valence-electron chi connectivity index (χ0n) is 9.59. The Morgan fingerprint density at radius 2 is 2.17 bits per heavy atom. The van der Waals surface area contributed by atoms with Crippen molar-refractivity contribution in [2.45, 2.75) is 31.6 Å². The van der Waals surface area contributed by atoms with Crippen LogP contribution in [0, 0.1) is 4.64 Å². The predicted octanol–water partition coefficient (Wildman–Crippen LogP) is 2.14. The van der Waals surface area contributed by atoms with E-state index in [1.165, 1.54) is 18.9 Å². The highest BCUT2D eigenvalue weighted by atomic mass is 32.1. The van der Waals surface area contributed by atoms with Gasteiger partial charge in [0.05, 0.1) is 0 Å². The molecule has 0 atom stereocenters. The first-order chi connectivity index (χ1) is 8.65. The fourth-order valence-corrected chi connectivity index (χ4v) is 2.63. The van der Waals surface area contributed by atoms with Crippen LogP contribution in [-0.4, -0.2) is 30.7 Å². The lowest BCUT2D eigenvalue weighted by Crippen LogP contribution is -2.03. The lowest BCUT2D eigenvalue weighted by molar-refractivity contribution is 0.0690. The molecule has 7 heteroatoms. The van der Waals surface area contributed by atoms with Crippen LogP contribution in [0.15, 0.2) is 6.07 Å². The molecule has 2 aromatic heterocycles. The number of fused-ring (bicyclic) bond motifs is 1. The molecule has 0 radical (unpaired) electrons. The Bertz CT molecular complexity index is 669. The van der Waals surface area contributed by atoms with Gasteiger partial charge in [-0.2, -0.15) is 4.98 Å². The number of carbonyl (C=O) groups is 1. The number of rotatable bonds is 2. The number of carboxylic acid groups (broad SMARTS) is 1. The van der Waals surface area contributed by atoms with Gasteiger partial charge in [0.2, 0.25) is 0 Å². The van der Waals surface area contributed by atoms with Crippen LogP contribution in [0.5, 0.6) is 0 Å². The Hall–Kier alpha value is -1.76. The molecule has 0 unspecified atom stereocenters. The lowest BCUT2D eigenvalue weighted by atomic mass is 10.1.